The second-order valence-electron chi connectivity index (χ2n) is 9.40. The van der Waals surface area contributed by atoms with Gasteiger partial charge in [-0.05, 0) is 31.6 Å². The van der Waals surface area contributed by atoms with E-state index in [9.17, 15) is 19.1 Å². The van der Waals surface area contributed by atoms with E-state index < -0.39 is 40.7 Å². The average Bonchev–Trinajstić information content (AvgIpc) is 3.60. The summed E-state index contributed by atoms with van der Waals surface area (Å²) < 4.78 is 36.6. The molecule has 10 heteroatoms. The highest BCUT2D eigenvalue weighted by Crippen LogP contribution is 2.48. The highest BCUT2D eigenvalue weighted by Gasteiger charge is 2.44. The van der Waals surface area contributed by atoms with Gasteiger partial charge in [0, 0.05) is 31.2 Å². The summed E-state index contributed by atoms with van der Waals surface area (Å²) in [5.41, 5.74) is 10.5. The molecule has 8 nitrogen and oxygen atoms in total. The number of nitrogens with zero attached hydrogens (tertiary/aromatic N) is 2. The average molecular weight is 448 g/mol. The summed E-state index contributed by atoms with van der Waals surface area (Å²) in [7, 11) is 1.35. The third kappa shape index (κ3) is 3.19. The molecule has 32 heavy (non-hydrogen) atoms. The minimum Gasteiger partial charge on any atom is -0.492 e. The number of benzene rings is 1. The van der Waals surface area contributed by atoms with Crippen molar-refractivity contribution in [1.82, 2.24) is 4.57 Å². The van der Waals surface area contributed by atoms with Gasteiger partial charge in [-0.2, -0.15) is 0 Å². The molecule has 2 saturated carbocycles. The van der Waals surface area contributed by atoms with Crippen LogP contribution in [-0.4, -0.2) is 47.6 Å². The number of aromatic carboxylic acids is 1. The molecule has 3 fully saturated rings. The van der Waals surface area contributed by atoms with E-state index in [-0.39, 0.29) is 34.3 Å². The van der Waals surface area contributed by atoms with Crippen molar-refractivity contribution in [2.24, 2.45) is 11.7 Å². The van der Waals surface area contributed by atoms with Gasteiger partial charge in [-0.3, -0.25) is 4.79 Å². The number of carboxylic acid groups (broad SMARTS) is 1. The van der Waals surface area contributed by atoms with E-state index in [2.05, 4.69) is 0 Å². The van der Waals surface area contributed by atoms with Crippen LogP contribution >= 0.6 is 0 Å². The lowest BCUT2D eigenvalue weighted by molar-refractivity contribution is 0.0694. The highest BCUT2D eigenvalue weighted by molar-refractivity contribution is 6.03. The molecular formula is C22H26F2N4O4. The van der Waals surface area contributed by atoms with Crippen molar-refractivity contribution in [2.75, 3.05) is 30.8 Å². The van der Waals surface area contributed by atoms with Crippen molar-refractivity contribution in [1.29, 1.82) is 0 Å². The van der Waals surface area contributed by atoms with Crippen LogP contribution in [0, 0.1) is 11.7 Å². The minimum absolute atomic E-state index is 0.0642. The summed E-state index contributed by atoms with van der Waals surface area (Å²) in [4.78, 5) is 26.4. The molecule has 1 aromatic heterocycles. The normalized spacial score (nSPS) is 25.9. The molecule has 5 rings (SSSR count). The number of carbonyl (C=O) groups is 1. The summed E-state index contributed by atoms with van der Waals surface area (Å²) in [6.45, 7) is 1.12. The molecular weight excluding hydrogens is 422 g/mol. The number of hydrogen-bond donors (Lipinski definition) is 3. The van der Waals surface area contributed by atoms with Gasteiger partial charge in [-0.25, -0.2) is 13.6 Å². The van der Waals surface area contributed by atoms with Crippen LogP contribution in [0.2, 0.25) is 0 Å². The topological polar surface area (TPSA) is 124 Å². The molecule has 0 bridgehead atoms. The van der Waals surface area contributed by atoms with Crippen molar-refractivity contribution in [2.45, 2.75) is 49.9 Å². The Morgan fingerprint density at radius 3 is 2.66 bits per heavy atom. The minimum atomic E-state index is -1.48. The van der Waals surface area contributed by atoms with Crippen molar-refractivity contribution in [3.8, 4) is 5.75 Å². The Hall–Kier alpha value is -2.88. The first kappa shape index (κ1) is 21.0. The molecule has 3 aliphatic rings. The van der Waals surface area contributed by atoms with E-state index in [1.807, 2.05) is 4.90 Å². The maximum atomic E-state index is 15.6. The summed E-state index contributed by atoms with van der Waals surface area (Å²) in [6, 6.07) is -0.666. The van der Waals surface area contributed by atoms with E-state index in [0.29, 0.717) is 19.0 Å². The number of nitrogens with two attached hydrogens (primary N) is 2. The van der Waals surface area contributed by atoms with E-state index >= 15 is 4.39 Å². The standard InChI is InChI=1S/C22H26F2N4O4/c1-32-20-17-14(19(29)11(21(30)31)9-28(17)13-6-12(13)23)16(25)15(24)18(20)27-5-2-10(8-27)7-22(26)3-4-22/h9-10,12-13H,2-8,25-26H2,1H3,(H,30,31). The van der Waals surface area contributed by atoms with E-state index in [1.165, 1.54) is 11.7 Å². The Kier molecular flexibility index (Phi) is 4.63. The van der Waals surface area contributed by atoms with Crippen molar-refractivity contribution < 1.29 is 23.4 Å². The summed E-state index contributed by atoms with van der Waals surface area (Å²) >= 11 is 0. The van der Waals surface area contributed by atoms with E-state index in [4.69, 9.17) is 16.2 Å². The number of rotatable bonds is 6. The first-order valence-corrected chi connectivity index (χ1v) is 10.8. The molecule has 5 N–H and O–H groups in total. The number of aromatic nitrogens is 1. The fraction of sp³-hybridized carbons (Fsp3) is 0.545. The number of pyridine rings is 1. The van der Waals surface area contributed by atoms with Crippen molar-refractivity contribution in [3.05, 3.63) is 27.8 Å². The maximum Gasteiger partial charge on any atom is 0.341 e. The van der Waals surface area contributed by atoms with Crippen LogP contribution in [0.15, 0.2) is 11.0 Å². The quantitative estimate of drug-likeness (QED) is 0.580. The van der Waals surface area contributed by atoms with Gasteiger partial charge in [-0.15, -0.1) is 0 Å². The number of alkyl halides is 1. The molecule has 3 atom stereocenters. The zero-order valence-electron chi connectivity index (χ0n) is 17.7. The first-order valence-electron chi connectivity index (χ1n) is 10.8. The fourth-order valence-electron chi connectivity index (χ4n) is 5.03. The van der Waals surface area contributed by atoms with Crippen molar-refractivity contribution >= 4 is 28.2 Å². The van der Waals surface area contributed by atoms with Crippen LogP contribution in [-0.2, 0) is 0 Å². The zero-order valence-corrected chi connectivity index (χ0v) is 17.7. The lowest BCUT2D eigenvalue weighted by Crippen LogP contribution is -2.28. The number of carboxylic acids is 1. The third-order valence-electron chi connectivity index (χ3n) is 7.04. The van der Waals surface area contributed by atoms with Crippen molar-refractivity contribution in [3.63, 3.8) is 0 Å². The molecule has 3 unspecified atom stereocenters. The number of anilines is 2. The highest BCUT2D eigenvalue weighted by atomic mass is 19.1. The predicted molar refractivity (Wildman–Crippen MR) is 116 cm³/mol. The van der Waals surface area contributed by atoms with Gasteiger partial charge in [0.15, 0.2) is 11.6 Å². The largest absolute Gasteiger partial charge is 0.492 e. The lowest BCUT2D eigenvalue weighted by Gasteiger charge is -2.26. The Morgan fingerprint density at radius 2 is 2.09 bits per heavy atom. The number of halogens is 2. The number of fused-ring (bicyclic) bond motifs is 1. The number of hydrogen-bond acceptors (Lipinski definition) is 6. The summed E-state index contributed by atoms with van der Waals surface area (Å²) in [5, 5.41) is 9.17. The monoisotopic (exact) mass is 448 g/mol. The van der Waals surface area contributed by atoms with E-state index in [1.54, 1.807) is 0 Å². The Balaban J connectivity index is 1.70. The molecule has 0 spiro atoms. The molecule has 1 saturated heterocycles. The smallest absolute Gasteiger partial charge is 0.341 e. The molecule has 0 radical (unpaired) electrons. The Bertz CT molecular complexity index is 1190. The SMILES string of the molecule is COc1c(N2CCC(CC3(N)CC3)C2)c(F)c(N)c2c(=O)c(C(=O)O)cn(C3CC3F)c12. The van der Waals surface area contributed by atoms with Gasteiger partial charge in [0.25, 0.3) is 0 Å². The Morgan fingerprint density at radius 1 is 1.41 bits per heavy atom. The van der Waals surface area contributed by atoms with Gasteiger partial charge in [0.1, 0.15) is 17.4 Å². The van der Waals surface area contributed by atoms with Crippen LogP contribution in [0.4, 0.5) is 20.2 Å². The van der Waals surface area contributed by atoms with Crippen LogP contribution in [0.25, 0.3) is 10.9 Å². The fourth-order valence-corrected chi connectivity index (χ4v) is 5.03. The van der Waals surface area contributed by atoms with Crippen LogP contribution < -0.4 is 26.5 Å². The number of methoxy groups -OCH3 is 1. The molecule has 172 valence electrons. The number of ether oxygens (including phenoxy) is 1. The molecule has 1 aromatic carbocycles. The van der Waals surface area contributed by atoms with Gasteiger partial charge < -0.3 is 30.8 Å². The summed E-state index contributed by atoms with van der Waals surface area (Å²) in [6.07, 6.45) is 3.75. The molecule has 1 aliphatic heterocycles. The molecule has 2 heterocycles. The maximum absolute atomic E-state index is 15.6. The van der Waals surface area contributed by atoms with Crippen LogP contribution in [0.5, 0.6) is 5.75 Å². The van der Waals surface area contributed by atoms with Gasteiger partial charge in [0.05, 0.1) is 29.7 Å². The van der Waals surface area contributed by atoms with Crippen LogP contribution in [0.1, 0.15) is 48.5 Å². The molecule has 2 aromatic rings. The Labute approximate surface area is 182 Å². The summed E-state index contributed by atoms with van der Waals surface area (Å²) in [5.74, 6) is -1.96. The second kappa shape index (κ2) is 7.06. The second-order valence-corrected chi connectivity index (χ2v) is 9.40. The third-order valence-corrected chi connectivity index (χ3v) is 7.04. The lowest BCUT2D eigenvalue weighted by atomic mass is 9.98. The van der Waals surface area contributed by atoms with Gasteiger partial charge in [-0.1, -0.05) is 0 Å². The van der Waals surface area contributed by atoms with E-state index in [0.717, 1.165) is 31.9 Å². The zero-order chi connectivity index (χ0) is 22.9. The molecule has 0 amide bonds. The van der Waals surface area contributed by atoms with Gasteiger partial charge in [0.2, 0.25) is 5.43 Å². The van der Waals surface area contributed by atoms with Crippen LogP contribution in [0.3, 0.4) is 0 Å². The number of nitrogen functional groups attached to an aromatic ring is 1. The predicted octanol–water partition coefficient (Wildman–Crippen LogP) is 2.42. The first-order chi connectivity index (χ1) is 15.1. The van der Waals surface area contributed by atoms with Gasteiger partial charge >= 0.3 is 5.97 Å². The molecule has 2 aliphatic carbocycles.